The van der Waals surface area contributed by atoms with Gasteiger partial charge in [-0.25, -0.2) is 0 Å². The molecule has 1 aromatic carbocycles. The van der Waals surface area contributed by atoms with Crippen LogP contribution in [0.25, 0.3) is 0 Å². The second-order valence-electron chi connectivity index (χ2n) is 7.57. The van der Waals surface area contributed by atoms with E-state index in [9.17, 15) is 0 Å². The van der Waals surface area contributed by atoms with Crippen LogP contribution in [0.4, 0.5) is 0 Å². The Labute approximate surface area is 117 Å². The largest absolute Gasteiger partial charge is 0.312 e. The molecule has 1 spiro atoms. The second kappa shape index (κ2) is 4.63. The van der Waals surface area contributed by atoms with Gasteiger partial charge in [0, 0.05) is 18.5 Å². The Bertz CT molecular complexity index is 461. The van der Waals surface area contributed by atoms with Gasteiger partial charge in [-0.05, 0) is 34.9 Å². The highest BCUT2D eigenvalue weighted by Crippen LogP contribution is 2.43. The molecule has 2 aliphatic rings. The Morgan fingerprint density at radius 2 is 1.79 bits per heavy atom. The monoisotopic (exact) mass is 257 g/mol. The normalized spacial score (nSPS) is 22.3. The molecule has 0 amide bonds. The zero-order valence-corrected chi connectivity index (χ0v) is 12.7. The quantitative estimate of drug-likeness (QED) is 0.731. The summed E-state index contributed by atoms with van der Waals surface area (Å²) in [5.74, 6) is 0. The van der Waals surface area contributed by atoms with Crippen LogP contribution in [0.1, 0.15) is 69.6 Å². The molecule has 0 atom stereocenters. The molecule has 1 saturated carbocycles. The summed E-state index contributed by atoms with van der Waals surface area (Å²) in [5, 5.41) is 3.68. The van der Waals surface area contributed by atoms with Gasteiger partial charge in [-0.15, -0.1) is 0 Å². The van der Waals surface area contributed by atoms with E-state index in [0.29, 0.717) is 5.41 Å². The van der Waals surface area contributed by atoms with Crippen LogP contribution in [0.3, 0.4) is 0 Å². The third-order valence-electron chi connectivity index (χ3n) is 5.13. The van der Waals surface area contributed by atoms with Gasteiger partial charge >= 0.3 is 0 Å². The Morgan fingerprint density at radius 1 is 1.05 bits per heavy atom. The molecular weight excluding hydrogens is 230 g/mol. The highest BCUT2D eigenvalue weighted by molar-refractivity contribution is 5.42. The van der Waals surface area contributed by atoms with E-state index in [1.807, 2.05) is 0 Å². The summed E-state index contributed by atoms with van der Waals surface area (Å²) in [6, 6.07) is 7.28. The lowest BCUT2D eigenvalue weighted by Crippen LogP contribution is -2.44. The molecule has 0 radical (unpaired) electrons. The molecular formula is C18H27N. The lowest BCUT2D eigenvalue weighted by Gasteiger charge is -2.43. The Balaban J connectivity index is 2.02. The molecule has 0 bridgehead atoms. The third-order valence-corrected chi connectivity index (χ3v) is 5.13. The van der Waals surface area contributed by atoms with E-state index in [4.69, 9.17) is 0 Å². The molecule has 3 rings (SSSR count). The van der Waals surface area contributed by atoms with Crippen LogP contribution in [0.2, 0.25) is 0 Å². The fourth-order valence-electron chi connectivity index (χ4n) is 3.93. The SMILES string of the molecule is CC(C)(C)c1ccc2c(c1)CNCC21CCCCC1. The van der Waals surface area contributed by atoms with Crippen LogP contribution < -0.4 is 5.32 Å². The van der Waals surface area contributed by atoms with E-state index in [1.165, 1.54) is 44.2 Å². The molecule has 1 nitrogen and oxygen atoms in total. The maximum absolute atomic E-state index is 3.68. The first-order valence-corrected chi connectivity index (χ1v) is 7.86. The van der Waals surface area contributed by atoms with Crippen molar-refractivity contribution in [3.8, 4) is 0 Å². The van der Waals surface area contributed by atoms with E-state index in [0.717, 1.165) is 6.54 Å². The van der Waals surface area contributed by atoms with Gasteiger partial charge in [0.05, 0.1) is 0 Å². The number of hydrogen-bond donors (Lipinski definition) is 1. The third kappa shape index (κ3) is 2.33. The van der Waals surface area contributed by atoms with Crippen molar-refractivity contribution in [1.29, 1.82) is 0 Å². The van der Waals surface area contributed by atoms with E-state index in [1.54, 1.807) is 11.1 Å². The predicted octanol–water partition coefficient (Wildman–Crippen LogP) is 4.29. The molecule has 1 heterocycles. The minimum absolute atomic E-state index is 0.256. The first-order valence-electron chi connectivity index (χ1n) is 7.86. The molecule has 1 heteroatoms. The minimum Gasteiger partial charge on any atom is -0.312 e. The summed E-state index contributed by atoms with van der Waals surface area (Å²) in [4.78, 5) is 0. The number of hydrogen-bond acceptors (Lipinski definition) is 1. The van der Waals surface area contributed by atoms with Crippen molar-refractivity contribution in [2.75, 3.05) is 6.54 Å². The fraction of sp³-hybridized carbons (Fsp3) is 0.667. The van der Waals surface area contributed by atoms with Crippen LogP contribution in [-0.4, -0.2) is 6.54 Å². The fourth-order valence-corrected chi connectivity index (χ4v) is 3.93. The van der Waals surface area contributed by atoms with Gasteiger partial charge in [0.15, 0.2) is 0 Å². The first-order chi connectivity index (χ1) is 9.01. The molecule has 1 N–H and O–H groups in total. The molecule has 1 aliphatic heterocycles. The minimum atomic E-state index is 0.256. The Kier molecular flexibility index (Phi) is 3.21. The van der Waals surface area contributed by atoms with Crippen molar-refractivity contribution >= 4 is 0 Å². The van der Waals surface area contributed by atoms with Gasteiger partial charge in [0.1, 0.15) is 0 Å². The zero-order chi connectivity index (χ0) is 13.5. The highest BCUT2D eigenvalue weighted by Gasteiger charge is 2.37. The maximum Gasteiger partial charge on any atom is 0.0208 e. The average molecular weight is 257 g/mol. The van der Waals surface area contributed by atoms with Crippen molar-refractivity contribution in [2.24, 2.45) is 0 Å². The lowest BCUT2D eigenvalue weighted by molar-refractivity contribution is 0.264. The molecule has 1 aromatic rings. The molecule has 1 aliphatic carbocycles. The molecule has 0 saturated heterocycles. The van der Waals surface area contributed by atoms with Crippen molar-refractivity contribution in [3.63, 3.8) is 0 Å². The van der Waals surface area contributed by atoms with Crippen molar-refractivity contribution in [1.82, 2.24) is 5.32 Å². The van der Waals surface area contributed by atoms with E-state index < -0.39 is 0 Å². The molecule has 0 unspecified atom stereocenters. The number of nitrogens with one attached hydrogen (secondary N) is 1. The summed E-state index contributed by atoms with van der Waals surface area (Å²) < 4.78 is 0. The zero-order valence-electron chi connectivity index (χ0n) is 12.7. The Morgan fingerprint density at radius 3 is 2.47 bits per heavy atom. The van der Waals surface area contributed by atoms with Gasteiger partial charge < -0.3 is 5.32 Å². The highest BCUT2D eigenvalue weighted by atomic mass is 14.9. The van der Waals surface area contributed by atoms with Crippen LogP contribution in [0.5, 0.6) is 0 Å². The smallest absolute Gasteiger partial charge is 0.0208 e. The summed E-state index contributed by atoms with van der Waals surface area (Å²) in [6.45, 7) is 9.17. The van der Waals surface area contributed by atoms with Crippen LogP contribution >= 0.6 is 0 Å². The average Bonchev–Trinajstić information content (AvgIpc) is 2.39. The number of rotatable bonds is 0. The van der Waals surface area contributed by atoms with Gasteiger partial charge in [0.25, 0.3) is 0 Å². The summed E-state index contributed by atoms with van der Waals surface area (Å²) in [6.07, 6.45) is 6.99. The van der Waals surface area contributed by atoms with E-state index in [2.05, 4.69) is 44.3 Å². The predicted molar refractivity (Wildman–Crippen MR) is 81.6 cm³/mol. The Hall–Kier alpha value is -0.820. The molecule has 19 heavy (non-hydrogen) atoms. The standard InChI is InChI=1S/C18H27N/c1-17(2,3)15-7-8-16-14(11-15)12-19-13-18(16)9-5-4-6-10-18/h7-8,11,19H,4-6,9-10,12-13H2,1-3H3. The van der Waals surface area contributed by atoms with Crippen LogP contribution in [0, 0.1) is 0 Å². The van der Waals surface area contributed by atoms with Crippen molar-refractivity contribution in [2.45, 2.75) is 70.3 Å². The van der Waals surface area contributed by atoms with Crippen LogP contribution in [0.15, 0.2) is 18.2 Å². The maximum atomic E-state index is 3.68. The van der Waals surface area contributed by atoms with Gasteiger partial charge in [-0.1, -0.05) is 58.2 Å². The first kappa shape index (κ1) is 13.2. The van der Waals surface area contributed by atoms with E-state index in [-0.39, 0.29) is 5.41 Å². The number of fused-ring (bicyclic) bond motifs is 2. The molecule has 1 fully saturated rings. The summed E-state index contributed by atoms with van der Waals surface area (Å²) >= 11 is 0. The van der Waals surface area contributed by atoms with Crippen LogP contribution in [-0.2, 0) is 17.4 Å². The molecule has 0 aromatic heterocycles. The topological polar surface area (TPSA) is 12.0 Å². The number of benzene rings is 1. The summed E-state index contributed by atoms with van der Waals surface area (Å²) in [5.41, 5.74) is 5.38. The van der Waals surface area contributed by atoms with Crippen molar-refractivity contribution in [3.05, 3.63) is 34.9 Å². The van der Waals surface area contributed by atoms with Crippen molar-refractivity contribution < 1.29 is 0 Å². The lowest BCUT2D eigenvalue weighted by atomic mass is 9.66. The van der Waals surface area contributed by atoms with Gasteiger partial charge in [-0.3, -0.25) is 0 Å². The summed E-state index contributed by atoms with van der Waals surface area (Å²) in [7, 11) is 0. The second-order valence-corrected chi connectivity index (χ2v) is 7.57. The van der Waals surface area contributed by atoms with E-state index >= 15 is 0 Å². The van der Waals surface area contributed by atoms with Gasteiger partial charge in [0.2, 0.25) is 0 Å². The molecule has 104 valence electrons. The van der Waals surface area contributed by atoms with Gasteiger partial charge in [-0.2, -0.15) is 0 Å².